The van der Waals surface area contributed by atoms with Crippen molar-refractivity contribution in [3.8, 4) is 0 Å². The van der Waals surface area contributed by atoms with Crippen molar-refractivity contribution in [2.24, 2.45) is 0 Å². The summed E-state index contributed by atoms with van der Waals surface area (Å²) < 4.78 is 0. The van der Waals surface area contributed by atoms with E-state index >= 15 is 0 Å². The van der Waals surface area contributed by atoms with Crippen LogP contribution in [-0.2, 0) is 6.54 Å². The van der Waals surface area contributed by atoms with Crippen LogP contribution in [0.3, 0.4) is 0 Å². The highest BCUT2D eigenvalue weighted by molar-refractivity contribution is 5.96. The predicted molar refractivity (Wildman–Crippen MR) is 91.4 cm³/mol. The molecule has 120 valence electrons. The van der Waals surface area contributed by atoms with Crippen LogP contribution in [0.15, 0.2) is 48.5 Å². The number of hydrogen-bond acceptors (Lipinski definition) is 2. The maximum atomic E-state index is 12.2. The summed E-state index contributed by atoms with van der Waals surface area (Å²) in [4.78, 5) is 24.2. The molecule has 2 aromatic rings. The number of rotatable bonds is 5. The highest BCUT2D eigenvalue weighted by atomic mass is 16.2. The first-order chi connectivity index (χ1) is 11.0. The normalized spacial score (nSPS) is 10.4. The van der Waals surface area contributed by atoms with E-state index in [1.807, 2.05) is 51.1 Å². The van der Waals surface area contributed by atoms with Crippen LogP contribution in [0.1, 0.15) is 45.7 Å². The average Bonchev–Trinajstić information content (AvgIpc) is 2.52. The minimum atomic E-state index is -0.111. The monoisotopic (exact) mass is 310 g/mol. The Kier molecular flexibility index (Phi) is 5.52. The maximum absolute atomic E-state index is 12.2. The number of amides is 2. The SMILES string of the molecule is Cc1ccccc1C(=O)NCc1cccc(C(=O)NC(C)C)c1. The number of aryl methyl sites for hydroxylation is 1. The van der Waals surface area contributed by atoms with E-state index in [0.717, 1.165) is 11.1 Å². The van der Waals surface area contributed by atoms with E-state index in [0.29, 0.717) is 17.7 Å². The standard InChI is InChI=1S/C19H22N2O2/c1-13(2)21-18(22)16-9-6-8-15(11-16)12-20-19(23)17-10-5-4-7-14(17)3/h4-11,13H,12H2,1-3H3,(H,20,23)(H,21,22). The molecule has 0 radical (unpaired) electrons. The van der Waals surface area contributed by atoms with Crippen molar-refractivity contribution in [2.75, 3.05) is 0 Å². The molecular weight excluding hydrogens is 288 g/mol. The third kappa shape index (κ3) is 4.68. The molecule has 0 heterocycles. The summed E-state index contributed by atoms with van der Waals surface area (Å²) in [6, 6.07) is 14.8. The zero-order valence-electron chi connectivity index (χ0n) is 13.7. The van der Waals surface area contributed by atoms with Crippen molar-refractivity contribution in [1.82, 2.24) is 10.6 Å². The van der Waals surface area contributed by atoms with E-state index in [1.54, 1.807) is 18.2 Å². The molecule has 23 heavy (non-hydrogen) atoms. The molecular formula is C19H22N2O2. The number of hydrogen-bond donors (Lipinski definition) is 2. The highest BCUT2D eigenvalue weighted by Crippen LogP contribution is 2.09. The van der Waals surface area contributed by atoms with Gasteiger partial charge in [0.25, 0.3) is 11.8 Å². The van der Waals surface area contributed by atoms with Gasteiger partial charge in [0.05, 0.1) is 0 Å². The number of nitrogens with one attached hydrogen (secondary N) is 2. The van der Waals surface area contributed by atoms with Crippen LogP contribution < -0.4 is 10.6 Å². The Morgan fingerprint density at radius 3 is 2.43 bits per heavy atom. The molecule has 2 rings (SSSR count). The van der Waals surface area contributed by atoms with Crippen LogP contribution >= 0.6 is 0 Å². The van der Waals surface area contributed by atoms with Gasteiger partial charge in [-0.05, 0) is 50.1 Å². The Labute approximate surface area is 136 Å². The van der Waals surface area contributed by atoms with Gasteiger partial charge in [0.2, 0.25) is 0 Å². The van der Waals surface area contributed by atoms with Gasteiger partial charge < -0.3 is 10.6 Å². The minimum absolute atomic E-state index is 0.0897. The zero-order valence-corrected chi connectivity index (χ0v) is 13.7. The number of carbonyl (C=O) groups is 2. The molecule has 0 unspecified atom stereocenters. The van der Waals surface area contributed by atoms with Gasteiger partial charge in [-0.2, -0.15) is 0 Å². The third-order valence-electron chi connectivity index (χ3n) is 3.45. The first-order valence-corrected chi connectivity index (χ1v) is 7.71. The summed E-state index contributed by atoms with van der Waals surface area (Å²) in [7, 11) is 0. The average molecular weight is 310 g/mol. The van der Waals surface area contributed by atoms with Crippen LogP contribution in [-0.4, -0.2) is 17.9 Å². The largest absolute Gasteiger partial charge is 0.350 e. The van der Waals surface area contributed by atoms with Gasteiger partial charge in [0.1, 0.15) is 0 Å². The zero-order chi connectivity index (χ0) is 16.8. The van der Waals surface area contributed by atoms with Crippen molar-refractivity contribution in [2.45, 2.75) is 33.4 Å². The second-order valence-corrected chi connectivity index (χ2v) is 5.83. The third-order valence-corrected chi connectivity index (χ3v) is 3.45. The fourth-order valence-electron chi connectivity index (χ4n) is 2.27. The Morgan fingerprint density at radius 2 is 1.74 bits per heavy atom. The summed E-state index contributed by atoms with van der Waals surface area (Å²) >= 11 is 0. The lowest BCUT2D eigenvalue weighted by atomic mass is 10.1. The van der Waals surface area contributed by atoms with Crippen LogP contribution in [0.5, 0.6) is 0 Å². The van der Waals surface area contributed by atoms with Crippen molar-refractivity contribution in [3.63, 3.8) is 0 Å². The lowest BCUT2D eigenvalue weighted by Crippen LogP contribution is -2.30. The van der Waals surface area contributed by atoms with Gasteiger partial charge >= 0.3 is 0 Å². The molecule has 2 N–H and O–H groups in total. The summed E-state index contributed by atoms with van der Waals surface area (Å²) in [5.74, 6) is -0.216. The highest BCUT2D eigenvalue weighted by Gasteiger charge is 2.10. The van der Waals surface area contributed by atoms with Gasteiger partial charge in [0.15, 0.2) is 0 Å². The summed E-state index contributed by atoms with van der Waals surface area (Å²) in [6.07, 6.45) is 0. The first-order valence-electron chi connectivity index (χ1n) is 7.71. The quantitative estimate of drug-likeness (QED) is 0.891. The van der Waals surface area contributed by atoms with Crippen LogP contribution in [0.2, 0.25) is 0 Å². The summed E-state index contributed by atoms with van der Waals surface area (Å²) in [6.45, 7) is 6.14. The molecule has 0 aliphatic heterocycles. The molecule has 0 aliphatic rings. The number of carbonyl (C=O) groups excluding carboxylic acids is 2. The Morgan fingerprint density at radius 1 is 1.00 bits per heavy atom. The molecule has 2 amide bonds. The molecule has 0 fully saturated rings. The Bertz CT molecular complexity index is 708. The van der Waals surface area contributed by atoms with Crippen LogP contribution in [0.25, 0.3) is 0 Å². The molecule has 0 spiro atoms. The van der Waals surface area contributed by atoms with E-state index in [1.165, 1.54) is 0 Å². The maximum Gasteiger partial charge on any atom is 0.251 e. The second kappa shape index (κ2) is 7.58. The lowest BCUT2D eigenvalue weighted by molar-refractivity contribution is 0.0939. The molecule has 0 saturated heterocycles. The van der Waals surface area contributed by atoms with Gasteiger partial charge in [-0.25, -0.2) is 0 Å². The predicted octanol–water partition coefficient (Wildman–Crippen LogP) is 3.06. The molecule has 4 nitrogen and oxygen atoms in total. The fourth-order valence-corrected chi connectivity index (χ4v) is 2.27. The lowest BCUT2D eigenvalue weighted by Gasteiger charge is -2.10. The van der Waals surface area contributed by atoms with E-state index in [2.05, 4.69) is 10.6 Å². The second-order valence-electron chi connectivity index (χ2n) is 5.83. The molecule has 0 bridgehead atoms. The molecule has 0 aromatic heterocycles. The van der Waals surface area contributed by atoms with E-state index in [-0.39, 0.29) is 17.9 Å². The Hall–Kier alpha value is -2.62. The van der Waals surface area contributed by atoms with Crippen molar-refractivity contribution >= 4 is 11.8 Å². The van der Waals surface area contributed by atoms with Gasteiger partial charge in [-0.15, -0.1) is 0 Å². The topological polar surface area (TPSA) is 58.2 Å². The van der Waals surface area contributed by atoms with E-state index in [9.17, 15) is 9.59 Å². The smallest absolute Gasteiger partial charge is 0.251 e. The first kappa shape index (κ1) is 16.7. The molecule has 0 saturated carbocycles. The van der Waals surface area contributed by atoms with E-state index in [4.69, 9.17) is 0 Å². The van der Waals surface area contributed by atoms with Crippen LogP contribution in [0.4, 0.5) is 0 Å². The van der Waals surface area contributed by atoms with Crippen LogP contribution in [0, 0.1) is 6.92 Å². The summed E-state index contributed by atoms with van der Waals surface area (Å²) in [5.41, 5.74) is 3.10. The van der Waals surface area contributed by atoms with Crippen molar-refractivity contribution in [3.05, 3.63) is 70.8 Å². The van der Waals surface area contributed by atoms with E-state index < -0.39 is 0 Å². The molecule has 0 aliphatic carbocycles. The number of benzene rings is 2. The minimum Gasteiger partial charge on any atom is -0.350 e. The van der Waals surface area contributed by atoms with Gasteiger partial charge in [-0.3, -0.25) is 9.59 Å². The van der Waals surface area contributed by atoms with Crippen molar-refractivity contribution < 1.29 is 9.59 Å². The molecule has 4 heteroatoms. The Balaban J connectivity index is 2.02. The van der Waals surface area contributed by atoms with Gasteiger partial charge in [-0.1, -0.05) is 30.3 Å². The fraction of sp³-hybridized carbons (Fsp3) is 0.263. The van der Waals surface area contributed by atoms with Gasteiger partial charge in [0, 0.05) is 23.7 Å². The van der Waals surface area contributed by atoms with Crippen molar-refractivity contribution in [1.29, 1.82) is 0 Å². The molecule has 0 atom stereocenters. The summed E-state index contributed by atoms with van der Waals surface area (Å²) in [5, 5.41) is 5.75. The molecule has 2 aromatic carbocycles.